The molecular weight excluding hydrogens is 358 g/mol. The first-order valence-corrected chi connectivity index (χ1v) is 10.9. The van der Waals surface area contributed by atoms with Gasteiger partial charge in [-0.05, 0) is 23.6 Å². The Morgan fingerprint density at radius 3 is 2.24 bits per heavy atom. The van der Waals surface area contributed by atoms with Crippen LogP contribution in [0.4, 0.5) is 0 Å². The molecule has 1 amide bonds. The average molecular weight is 394 g/mol. The molecule has 1 atom stereocenters. The molecule has 1 heterocycles. The van der Waals surface area contributed by atoms with E-state index in [1.54, 1.807) is 4.90 Å². The van der Waals surface area contributed by atoms with Gasteiger partial charge in [0.05, 0.1) is 6.54 Å². The van der Waals surface area contributed by atoms with Crippen LogP contribution in [0.5, 0.6) is 0 Å². The molecule has 3 rings (SSSR count). The molecule has 0 aromatic heterocycles. The van der Waals surface area contributed by atoms with E-state index in [2.05, 4.69) is 72.9 Å². The Balaban J connectivity index is 1.34. The first-order chi connectivity index (χ1) is 14.2. The van der Waals surface area contributed by atoms with Crippen LogP contribution in [0.1, 0.15) is 30.4 Å². The largest absolute Gasteiger partial charge is 0.351 e. The number of hydrogen-bond acceptors (Lipinski definition) is 1. The lowest BCUT2D eigenvalue weighted by Crippen LogP contribution is -3.28. The van der Waals surface area contributed by atoms with Gasteiger partial charge in [-0.15, -0.1) is 0 Å². The Morgan fingerprint density at radius 1 is 0.966 bits per heavy atom. The van der Waals surface area contributed by atoms with Crippen LogP contribution in [0.2, 0.25) is 0 Å². The minimum Gasteiger partial charge on any atom is -0.351 e. The summed E-state index contributed by atoms with van der Waals surface area (Å²) >= 11 is 0. The summed E-state index contributed by atoms with van der Waals surface area (Å²) in [6.07, 6.45) is 5.52. The van der Waals surface area contributed by atoms with Gasteiger partial charge in [-0.1, -0.05) is 73.7 Å². The summed E-state index contributed by atoms with van der Waals surface area (Å²) in [5.41, 5.74) is 2.57. The van der Waals surface area contributed by atoms with E-state index in [0.29, 0.717) is 12.5 Å². The minimum atomic E-state index is 0.182. The van der Waals surface area contributed by atoms with Crippen molar-refractivity contribution in [3.63, 3.8) is 0 Å². The Labute approximate surface area is 175 Å². The fourth-order valence-electron chi connectivity index (χ4n) is 4.01. The lowest BCUT2D eigenvalue weighted by molar-refractivity contribution is -1.01. The molecule has 0 unspecified atom stereocenters. The SMILES string of the molecule is CC[C@H](CNC(=O)C[NH+]1CC[NH+](C/C=C/c2ccccc2)CC1)c1ccccc1. The van der Waals surface area contributed by atoms with Gasteiger partial charge in [0.25, 0.3) is 5.91 Å². The molecule has 0 aliphatic carbocycles. The van der Waals surface area contributed by atoms with Gasteiger partial charge in [-0.25, -0.2) is 0 Å². The number of nitrogens with one attached hydrogen (secondary N) is 3. The Kier molecular flexibility index (Phi) is 8.47. The molecule has 0 spiro atoms. The molecule has 3 N–H and O–H groups in total. The van der Waals surface area contributed by atoms with E-state index in [9.17, 15) is 4.79 Å². The first-order valence-electron chi connectivity index (χ1n) is 10.9. The van der Waals surface area contributed by atoms with E-state index in [0.717, 1.165) is 45.7 Å². The van der Waals surface area contributed by atoms with Crippen LogP contribution in [-0.2, 0) is 4.79 Å². The standard InChI is InChI=1S/C25H33N3O/c1-2-23(24-13-7-4-8-14-24)20-26-25(29)21-28-18-16-27(17-19-28)15-9-12-22-10-5-3-6-11-22/h3-14,23H,2,15-21H2,1H3,(H,26,29)/p+2/b12-9+/t23-/m1/s1. The number of carbonyl (C=O) groups is 1. The lowest BCUT2D eigenvalue weighted by Gasteiger charge is -2.28. The van der Waals surface area contributed by atoms with Crippen molar-refractivity contribution in [2.45, 2.75) is 19.3 Å². The summed E-state index contributed by atoms with van der Waals surface area (Å²) in [7, 11) is 0. The number of quaternary nitrogens is 2. The van der Waals surface area contributed by atoms with Crippen molar-refractivity contribution in [2.75, 3.05) is 45.8 Å². The maximum atomic E-state index is 12.4. The molecule has 2 aromatic carbocycles. The van der Waals surface area contributed by atoms with Crippen molar-refractivity contribution in [3.05, 3.63) is 77.9 Å². The summed E-state index contributed by atoms with van der Waals surface area (Å²) in [6, 6.07) is 20.9. The predicted molar refractivity (Wildman–Crippen MR) is 119 cm³/mol. The van der Waals surface area contributed by atoms with Gasteiger partial charge >= 0.3 is 0 Å². The number of amides is 1. The monoisotopic (exact) mass is 393 g/mol. The quantitative estimate of drug-likeness (QED) is 0.579. The normalized spacial score (nSPS) is 20.4. The predicted octanol–water partition coefficient (Wildman–Crippen LogP) is 0.793. The first kappa shape index (κ1) is 21.3. The molecule has 0 bridgehead atoms. The smallest absolute Gasteiger partial charge is 0.275 e. The summed E-state index contributed by atoms with van der Waals surface area (Å²) in [6.45, 7) is 8.96. The topological polar surface area (TPSA) is 38.0 Å². The van der Waals surface area contributed by atoms with Crippen LogP contribution in [-0.4, -0.2) is 51.7 Å². The minimum absolute atomic E-state index is 0.182. The third-order valence-corrected chi connectivity index (χ3v) is 5.90. The second-order valence-electron chi connectivity index (χ2n) is 8.01. The summed E-state index contributed by atoms with van der Waals surface area (Å²) in [5, 5.41) is 3.17. The number of carbonyl (C=O) groups excluding carboxylic acids is 1. The molecule has 1 fully saturated rings. The van der Waals surface area contributed by atoms with Crippen molar-refractivity contribution in [1.82, 2.24) is 5.32 Å². The number of rotatable bonds is 9. The van der Waals surface area contributed by atoms with Crippen molar-refractivity contribution in [1.29, 1.82) is 0 Å². The van der Waals surface area contributed by atoms with Crippen LogP contribution in [0.25, 0.3) is 6.08 Å². The van der Waals surface area contributed by atoms with Crippen LogP contribution in [0.3, 0.4) is 0 Å². The van der Waals surface area contributed by atoms with Crippen molar-refractivity contribution >= 4 is 12.0 Å². The summed E-state index contributed by atoms with van der Waals surface area (Å²) < 4.78 is 0. The Hall–Kier alpha value is -2.43. The molecule has 1 saturated heterocycles. The molecule has 4 heteroatoms. The van der Waals surface area contributed by atoms with Crippen molar-refractivity contribution < 1.29 is 14.6 Å². The van der Waals surface area contributed by atoms with Gasteiger partial charge < -0.3 is 15.1 Å². The highest BCUT2D eigenvalue weighted by molar-refractivity contribution is 5.76. The molecule has 0 saturated carbocycles. The number of benzene rings is 2. The van der Waals surface area contributed by atoms with Crippen LogP contribution in [0.15, 0.2) is 66.7 Å². The molecule has 1 aliphatic rings. The highest BCUT2D eigenvalue weighted by atomic mass is 16.2. The van der Waals surface area contributed by atoms with Gasteiger partial charge in [0.1, 0.15) is 26.2 Å². The highest BCUT2D eigenvalue weighted by Crippen LogP contribution is 2.17. The zero-order valence-electron chi connectivity index (χ0n) is 17.6. The van der Waals surface area contributed by atoms with E-state index < -0.39 is 0 Å². The maximum absolute atomic E-state index is 12.4. The van der Waals surface area contributed by atoms with E-state index >= 15 is 0 Å². The van der Waals surface area contributed by atoms with E-state index in [4.69, 9.17) is 0 Å². The lowest BCUT2D eigenvalue weighted by atomic mass is 9.96. The van der Waals surface area contributed by atoms with Crippen LogP contribution in [0, 0.1) is 0 Å². The highest BCUT2D eigenvalue weighted by Gasteiger charge is 2.24. The fourth-order valence-corrected chi connectivity index (χ4v) is 4.01. The van der Waals surface area contributed by atoms with Gasteiger partial charge in [-0.3, -0.25) is 4.79 Å². The van der Waals surface area contributed by atoms with Gasteiger partial charge in [0.15, 0.2) is 6.54 Å². The average Bonchev–Trinajstić information content (AvgIpc) is 2.77. The number of hydrogen-bond donors (Lipinski definition) is 3. The maximum Gasteiger partial charge on any atom is 0.275 e. The zero-order chi connectivity index (χ0) is 20.3. The Bertz CT molecular complexity index is 752. The third kappa shape index (κ3) is 7.15. The van der Waals surface area contributed by atoms with Crippen LogP contribution < -0.4 is 15.1 Å². The second-order valence-corrected chi connectivity index (χ2v) is 8.01. The summed E-state index contributed by atoms with van der Waals surface area (Å²) in [5.74, 6) is 0.578. The second kappa shape index (κ2) is 11.5. The molecule has 29 heavy (non-hydrogen) atoms. The van der Waals surface area contributed by atoms with Gasteiger partial charge in [-0.2, -0.15) is 0 Å². The molecule has 4 nitrogen and oxygen atoms in total. The van der Waals surface area contributed by atoms with Crippen molar-refractivity contribution in [3.8, 4) is 0 Å². The third-order valence-electron chi connectivity index (χ3n) is 5.90. The van der Waals surface area contributed by atoms with E-state index in [-0.39, 0.29) is 5.91 Å². The van der Waals surface area contributed by atoms with Crippen molar-refractivity contribution in [2.24, 2.45) is 0 Å². The van der Waals surface area contributed by atoms with E-state index in [1.807, 2.05) is 12.1 Å². The van der Waals surface area contributed by atoms with E-state index in [1.165, 1.54) is 16.0 Å². The molecule has 154 valence electrons. The van der Waals surface area contributed by atoms with Gasteiger partial charge in [0, 0.05) is 12.5 Å². The summed E-state index contributed by atoms with van der Waals surface area (Å²) in [4.78, 5) is 15.4. The van der Waals surface area contributed by atoms with Crippen LogP contribution >= 0.6 is 0 Å². The fraction of sp³-hybridized carbons (Fsp3) is 0.400. The molecule has 2 aromatic rings. The molecular formula is C25H35N3O+2. The van der Waals surface area contributed by atoms with Gasteiger partial charge in [0.2, 0.25) is 0 Å². The molecule has 1 aliphatic heterocycles. The number of piperazine rings is 1. The molecule has 0 radical (unpaired) electrons. The zero-order valence-corrected chi connectivity index (χ0v) is 17.6. The Morgan fingerprint density at radius 2 is 1.59 bits per heavy atom.